The number of rotatable bonds is 1. The van der Waals surface area contributed by atoms with Crippen LogP contribution in [0.1, 0.15) is 10.4 Å². The fourth-order valence-electron chi connectivity index (χ4n) is 1.37. The molecule has 3 nitrogen and oxygen atoms in total. The van der Waals surface area contributed by atoms with E-state index < -0.39 is 5.91 Å². The van der Waals surface area contributed by atoms with E-state index in [0.717, 1.165) is 0 Å². The summed E-state index contributed by atoms with van der Waals surface area (Å²) >= 11 is 11.5. The molecule has 18 heavy (non-hydrogen) atoms. The molecule has 1 aromatic rings. The van der Waals surface area contributed by atoms with Gasteiger partial charge in [-0.1, -0.05) is 35.3 Å². The smallest absolute Gasteiger partial charge is 0.279 e. The summed E-state index contributed by atoms with van der Waals surface area (Å²) in [7, 11) is 0. The summed E-state index contributed by atoms with van der Waals surface area (Å²) in [6.45, 7) is 0. The molecule has 0 spiro atoms. The zero-order valence-electron chi connectivity index (χ0n) is 9.06. The standard InChI is InChI=1S/C13H7Cl2NO2/c14-10-4-2-1-3-9(10)13(18)16-8-5-6-12(17)11(15)7-8/h1-7H. The van der Waals surface area contributed by atoms with Crippen LogP contribution in [0.5, 0.6) is 0 Å². The average molecular weight is 280 g/mol. The van der Waals surface area contributed by atoms with Crippen molar-refractivity contribution in [2.24, 2.45) is 4.99 Å². The minimum atomic E-state index is -0.477. The van der Waals surface area contributed by atoms with Crippen LogP contribution in [0.2, 0.25) is 5.02 Å². The number of ketones is 1. The Balaban J connectivity index is 2.30. The minimum absolute atomic E-state index is 0.0307. The molecule has 0 bridgehead atoms. The van der Waals surface area contributed by atoms with Gasteiger partial charge in [-0.2, -0.15) is 0 Å². The molecule has 0 fully saturated rings. The first kappa shape index (κ1) is 12.7. The normalized spacial score (nSPS) is 16.9. The van der Waals surface area contributed by atoms with E-state index >= 15 is 0 Å². The molecule has 1 aliphatic carbocycles. The van der Waals surface area contributed by atoms with Gasteiger partial charge in [-0.05, 0) is 30.4 Å². The molecule has 0 saturated carbocycles. The lowest BCUT2D eigenvalue weighted by molar-refractivity contribution is -0.110. The lowest BCUT2D eigenvalue weighted by Crippen LogP contribution is -2.06. The van der Waals surface area contributed by atoms with Crippen molar-refractivity contribution in [2.45, 2.75) is 0 Å². The number of carbonyl (C=O) groups is 2. The zero-order chi connectivity index (χ0) is 13.1. The molecule has 2 rings (SSSR count). The van der Waals surface area contributed by atoms with Crippen molar-refractivity contribution in [3.8, 4) is 0 Å². The molecule has 0 atom stereocenters. The van der Waals surface area contributed by atoms with Crippen LogP contribution in [0.3, 0.4) is 0 Å². The molecule has 1 amide bonds. The molecule has 0 aromatic heterocycles. The number of hydrogen-bond donors (Lipinski definition) is 0. The third-order valence-corrected chi connectivity index (χ3v) is 2.88. The van der Waals surface area contributed by atoms with Gasteiger partial charge in [0.15, 0.2) is 5.78 Å². The number of amides is 1. The number of halogens is 2. The molecule has 1 aliphatic rings. The maximum Gasteiger partial charge on any atom is 0.279 e. The summed E-state index contributed by atoms with van der Waals surface area (Å²) in [5, 5.41) is 0.362. The van der Waals surface area contributed by atoms with Gasteiger partial charge in [0.05, 0.1) is 21.3 Å². The Hall–Kier alpha value is -1.71. The summed E-state index contributed by atoms with van der Waals surface area (Å²) in [4.78, 5) is 26.8. The number of nitrogens with zero attached hydrogens (tertiary/aromatic N) is 1. The van der Waals surface area contributed by atoms with Crippen molar-refractivity contribution < 1.29 is 9.59 Å². The largest absolute Gasteiger partial charge is 0.288 e. The highest BCUT2D eigenvalue weighted by molar-refractivity contribution is 6.47. The minimum Gasteiger partial charge on any atom is -0.288 e. The number of aliphatic imine (C=N–C) groups is 1. The van der Waals surface area contributed by atoms with Crippen molar-refractivity contribution in [2.75, 3.05) is 0 Å². The van der Waals surface area contributed by atoms with E-state index in [1.807, 2.05) is 0 Å². The Labute approximate surface area is 113 Å². The number of allylic oxidation sites excluding steroid dienone is 4. The van der Waals surface area contributed by atoms with Crippen LogP contribution in [0.25, 0.3) is 0 Å². The predicted octanol–water partition coefficient (Wildman–Crippen LogP) is 3.18. The third-order valence-electron chi connectivity index (χ3n) is 2.25. The molecule has 0 N–H and O–H groups in total. The van der Waals surface area contributed by atoms with Crippen LogP contribution >= 0.6 is 23.2 Å². The lowest BCUT2D eigenvalue weighted by Gasteiger charge is -2.02. The molecule has 0 saturated heterocycles. The molecule has 0 radical (unpaired) electrons. The van der Waals surface area contributed by atoms with Crippen LogP contribution in [0.15, 0.2) is 52.5 Å². The highest BCUT2D eigenvalue weighted by Crippen LogP contribution is 2.17. The number of carbonyl (C=O) groups excluding carboxylic acids is 2. The maximum atomic E-state index is 11.9. The molecule has 0 heterocycles. The van der Waals surface area contributed by atoms with Gasteiger partial charge in [0.2, 0.25) is 0 Å². The van der Waals surface area contributed by atoms with Gasteiger partial charge in [-0.3, -0.25) is 9.59 Å². The summed E-state index contributed by atoms with van der Waals surface area (Å²) in [6, 6.07) is 6.61. The van der Waals surface area contributed by atoms with Crippen LogP contribution in [0, 0.1) is 0 Å². The van der Waals surface area contributed by atoms with Crippen molar-refractivity contribution in [3.63, 3.8) is 0 Å². The first-order valence-electron chi connectivity index (χ1n) is 5.05. The van der Waals surface area contributed by atoms with E-state index in [1.165, 1.54) is 18.2 Å². The van der Waals surface area contributed by atoms with Crippen molar-refractivity contribution in [3.05, 3.63) is 58.1 Å². The van der Waals surface area contributed by atoms with Gasteiger partial charge in [-0.25, -0.2) is 4.99 Å². The third kappa shape index (κ3) is 2.75. The van der Waals surface area contributed by atoms with Gasteiger partial charge in [0, 0.05) is 0 Å². The first-order chi connectivity index (χ1) is 8.58. The van der Waals surface area contributed by atoms with E-state index in [9.17, 15) is 9.59 Å². The predicted molar refractivity (Wildman–Crippen MR) is 71.3 cm³/mol. The van der Waals surface area contributed by atoms with Crippen LogP contribution in [0.4, 0.5) is 0 Å². The summed E-state index contributed by atoms with van der Waals surface area (Å²) in [5.74, 6) is -0.781. The van der Waals surface area contributed by atoms with Gasteiger partial charge < -0.3 is 0 Å². The summed E-state index contributed by atoms with van der Waals surface area (Å²) in [6.07, 6.45) is 4.04. The van der Waals surface area contributed by atoms with Gasteiger partial charge in [0.1, 0.15) is 0 Å². The SMILES string of the molecule is O=C1C=CC(=NC(=O)c2ccccc2Cl)C=C1Cl. The quantitative estimate of drug-likeness (QED) is 0.742. The van der Waals surface area contributed by atoms with E-state index in [1.54, 1.807) is 24.3 Å². The molecule has 0 unspecified atom stereocenters. The van der Waals surface area contributed by atoms with Crippen molar-refractivity contribution in [1.29, 1.82) is 0 Å². The number of benzene rings is 1. The van der Waals surface area contributed by atoms with Crippen molar-refractivity contribution >= 4 is 40.6 Å². The lowest BCUT2D eigenvalue weighted by atomic mass is 10.1. The number of hydrogen-bond acceptors (Lipinski definition) is 2. The van der Waals surface area contributed by atoms with E-state index in [0.29, 0.717) is 16.3 Å². The second kappa shape index (κ2) is 5.29. The highest BCUT2D eigenvalue weighted by atomic mass is 35.5. The monoisotopic (exact) mass is 279 g/mol. The highest BCUT2D eigenvalue weighted by Gasteiger charge is 2.12. The fourth-order valence-corrected chi connectivity index (χ4v) is 1.76. The maximum absolute atomic E-state index is 11.9. The van der Waals surface area contributed by atoms with E-state index in [4.69, 9.17) is 23.2 Å². The zero-order valence-corrected chi connectivity index (χ0v) is 10.6. The van der Waals surface area contributed by atoms with Gasteiger partial charge >= 0.3 is 0 Å². The summed E-state index contributed by atoms with van der Waals surface area (Å²) < 4.78 is 0. The van der Waals surface area contributed by atoms with Crippen molar-refractivity contribution in [1.82, 2.24) is 0 Å². The molecular formula is C13H7Cl2NO2. The Kier molecular flexibility index (Phi) is 3.75. The Bertz CT molecular complexity index is 615. The van der Waals surface area contributed by atoms with Crippen LogP contribution in [-0.2, 0) is 4.79 Å². The topological polar surface area (TPSA) is 46.5 Å². The van der Waals surface area contributed by atoms with Crippen LogP contribution < -0.4 is 0 Å². The van der Waals surface area contributed by atoms with Gasteiger partial charge in [0.25, 0.3) is 5.91 Å². The molecule has 0 aliphatic heterocycles. The molecule has 90 valence electrons. The second-order valence-electron chi connectivity index (χ2n) is 3.51. The molecule has 1 aromatic carbocycles. The molecular weight excluding hydrogens is 273 g/mol. The Morgan fingerprint density at radius 2 is 1.83 bits per heavy atom. The van der Waals surface area contributed by atoms with E-state index in [-0.39, 0.29) is 10.8 Å². The van der Waals surface area contributed by atoms with Gasteiger partial charge in [-0.15, -0.1) is 0 Å². The Morgan fingerprint density at radius 1 is 1.11 bits per heavy atom. The first-order valence-corrected chi connectivity index (χ1v) is 5.80. The summed E-state index contributed by atoms with van der Waals surface area (Å²) in [5.41, 5.74) is 0.631. The fraction of sp³-hybridized carbons (Fsp3) is 0. The second-order valence-corrected chi connectivity index (χ2v) is 4.33. The van der Waals surface area contributed by atoms with E-state index in [2.05, 4.69) is 4.99 Å². The molecule has 5 heteroatoms. The van der Waals surface area contributed by atoms with Crippen LogP contribution in [-0.4, -0.2) is 17.4 Å². The Morgan fingerprint density at radius 3 is 2.50 bits per heavy atom. The average Bonchev–Trinajstić information content (AvgIpc) is 2.34.